The third-order valence-corrected chi connectivity index (χ3v) is 3.47. The van der Waals surface area contributed by atoms with Crippen molar-refractivity contribution in [3.8, 4) is 17.0 Å². The Morgan fingerprint density at radius 1 is 1.19 bits per heavy atom. The average Bonchev–Trinajstić information content (AvgIpc) is 2.35. The fourth-order valence-electron chi connectivity index (χ4n) is 2.06. The molecule has 0 bridgehead atoms. The highest BCUT2D eigenvalue weighted by atomic mass is 79.9. The van der Waals surface area contributed by atoms with Crippen LogP contribution in [0.15, 0.2) is 38.3 Å². The normalized spacial score (nSPS) is 11.6. The summed E-state index contributed by atoms with van der Waals surface area (Å²) in [5, 5.41) is 10.4. The molecule has 0 saturated heterocycles. The minimum Gasteiger partial charge on any atom is -0.494 e. The average molecular weight is 353 g/mol. The third kappa shape index (κ3) is 3.44. The van der Waals surface area contributed by atoms with E-state index in [0.29, 0.717) is 12.1 Å². The van der Waals surface area contributed by atoms with E-state index in [1.165, 1.54) is 4.57 Å². The van der Waals surface area contributed by atoms with Crippen LogP contribution in [0.4, 0.5) is 0 Å². The van der Waals surface area contributed by atoms with Crippen LogP contribution in [0.1, 0.15) is 20.8 Å². The van der Waals surface area contributed by atoms with E-state index < -0.39 is 11.2 Å². The first-order chi connectivity index (χ1) is 9.69. The van der Waals surface area contributed by atoms with Gasteiger partial charge in [0.05, 0.1) is 0 Å². The van der Waals surface area contributed by atoms with Gasteiger partial charge in [-0.05, 0) is 23.1 Å². The van der Waals surface area contributed by atoms with Gasteiger partial charge in [-0.15, -0.1) is 0 Å². The largest absolute Gasteiger partial charge is 0.494 e. The van der Waals surface area contributed by atoms with Crippen molar-refractivity contribution in [2.45, 2.75) is 27.3 Å². The second-order valence-electron chi connectivity index (χ2n) is 6.11. The quantitative estimate of drug-likeness (QED) is 0.872. The summed E-state index contributed by atoms with van der Waals surface area (Å²) in [6.07, 6.45) is 0. The van der Waals surface area contributed by atoms with Crippen molar-refractivity contribution in [3.05, 3.63) is 49.6 Å². The highest BCUT2D eigenvalue weighted by molar-refractivity contribution is 9.10. The molecule has 0 amide bonds. The van der Waals surface area contributed by atoms with Crippen molar-refractivity contribution in [2.75, 3.05) is 0 Å². The zero-order chi connectivity index (χ0) is 15.8. The highest BCUT2D eigenvalue weighted by Crippen LogP contribution is 2.27. The van der Waals surface area contributed by atoms with Crippen LogP contribution in [-0.4, -0.2) is 14.7 Å². The molecule has 0 unspecified atom stereocenters. The van der Waals surface area contributed by atoms with Crippen LogP contribution >= 0.6 is 15.9 Å². The number of benzene rings is 1. The molecule has 0 aliphatic heterocycles. The van der Waals surface area contributed by atoms with Gasteiger partial charge in [0.2, 0.25) is 5.88 Å². The van der Waals surface area contributed by atoms with Crippen molar-refractivity contribution in [1.82, 2.24) is 9.55 Å². The van der Waals surface area contributed by atoms with Gasteiger partial charge >= 0.3 is 5.69 Å². The summed E-state index contributed by atoms with van der Waals surface area (Å²) in [6, 6.07) is 6.96. The maximum Gasteiger partial charge on any atom is 0.331 e. The molecule has 0 spiro atoms. The van der Waals surface area contributed by atoms with Crippen LogP contribution in [-0.2, 0) is 6.54 Å². The zero-order valence-electron chi connectivity index (χ0n) is 12.1. The fraction of sp³-hybridized carbons (Fsp3) is 0.333. The maximum absolute atomic E-state index is 12.0. The van der Waals surface area contributed by atoms with Crippen LogP contribution in [0.5, 0.6) is 5.88 Å². The van der Waals surface area contributed by atoms with E-state index in [4.69, 9.17) is 0 Å². The van der Waals surface area contributed by atoms with E-state index in [0.717, 1.165) is 4.47 Å². The molecular formula is C15H17BrN2O3. The van der Waals surface area contributed by atoms with Crippen molar-refractivity contribution in [3.63, 3.8) is 0 Å². The van der Waals surface area contributed by atoms with Crippen LogP contribution in [0.2, 0.25) is 0 Å². The number of halogens is 1. The molecule has 112 valence electrons. The molecule has 1 aromatic heterocycles. The number of nitrogens with one attached hydrogen (secondary N) is 1. The van der Waals surface area contributed by atoms with Gasteiger partial charge in [-0.25, -0.2) is 4.79 Å². The second kappa shape index (κ2) is 5.52. The first-order valence-electron chi connectivity index (χ1n) is 6.51. The lowest BCUT2D eigenvalue weighted by Gasteiger charge is -2.21. The predicted molar refractivity (Wildman–Crippen MR) is 85.6 cm³/mol. The number of nitrogens with zero attached hydrogens (tertiary/aromatic N) is 1. The molecule has 0 aliphatic rings. The van der Waals surface area contributed by atoms with E-state index in [-0.39, 0.29) is 16.9 Å². The Labute approximate surface area is 130 Å². The summed E-state index contributed by atoms with van der Waals surface area (Å²) < 4.78 is 2.06. The number of hydrogen-bond donors (Lipinski definition) is 2. The second-order valence-corrected chi connectivity index (χ2v) is 7.03. The Balaban J connectivity index is 2.67. The first kappa shape index (κ1) is 15.6. The first-order valence-corrected chi connectivity index (χ1v) is 7.30. The number of aromatic nitrogens is 2. The molecule has 0 aliphatic carbocycles. The lowest BCUT2D eigenvalue weighted by atomic mass is 9.96. The monoisotopic (exact) mass is 352 g/mol. The highest BCUT2D eigenvalue weighted by Gasteiger charge is 2.20. The van der Waals surface area contributed by atoms with Crippen molar-refractivity contribution in [2.24, 2.45) is 5.41 Å². The molecular weight excluding hydrogens is 336 g/mol. The molecule has 2 rings (SSSR count). The van der Waals surface area contributed by atoms with E-state index >= 15 is 0 Å². The van der Waals surface area contributed by atoms with E-state index in [1.54, 1.807) is 24.3 Å². The topological polar surface area (TPSA) is 75.1 Å². The molecule has 0 saturated carbocycles. The summed E-state index contributed by atoms with van der Waals surface area (Å²) >= 11 is 3.32. The summed E-state index contributed by atoms with van der Waals surface area (Å²) in [5.74, 6) is -0.305. The minimum atomic E-state index is -0.603. The van der Waals surface area contributed by atoms with E-state index in [9.17, 15) is 14.7 Å². The van der Waals surface area contributed by atoms with E-state index in [2.05, 4.69) is 20.9 Å². The number of aromatic amines is 1. The zero-order valence-corrected chi connectivity index (χ0v) is 13.7. The van der Waals surface area contributed by atoms with Crippen LogP contribution < -0.4 is 11.2 Å². The third-order valence-electron chi connectivity index (χ3n) is 2.94. The van der Waals surface area contributed by atoms with Gasteiger partial charge in [0.1, 0.15) is 5.56 Å². The van der Waals surface area contributed by atoms with Crippen LogP contribution in [0.3, 0.4) is 0 Å². The Morgan fingerprint density at radius 2 is 1.76 bits per heavy atom. The minimum absolute atomic E-state index is 0.103. The molecule has 5 nitrogen and oxygen atoms in total. The van der Waals surface area contributed by atoms with Gasteiger partial charge in [-0.3, -0.25) is 14.3 Å². The molecule has 2 aromatic rings. The van der Waals surface area contributed by atoms with Gasteiger partial charge in [0, 0.05) is 11.0 Å². The van der Waals surface area contributed by atoms with Gasteiger partial charge in [-0.1, -0.05) is 48.8 Å². The Bertz CT molecular complexity index is 767. The summed E-state index contributed by atoms with van der Waals surface area (Å²) in [4.78, 5) is 26.2. The number of aromatic hydroxyl groups is 1. The van der Waals surface area contributed by atoms with Crippen molar-refractivity contribution >= 4 is 15.9 Å². The van der Waals surface area contributed by atoms with Gasteiger partial charge in [-0.2, -0.15) is 0 Å². The Morgan fingerprint density at radius 3 is 2.29 bits per heavy atom. The lowest BCUT2D eigenvalue weighted by molar-refractivity contribution is 0.301. The number of rotatable bonds is 2. The lowest BCUT2D eigenvalue weighted by Crippen LogP contribution is -2.34. The summed E-state index contributed by atoms with van der Waals surface area (Å²) in [5.41, 5.74) is -0.750. The van der Waals surface area contributed by atoms with Gasteiger partial charge < -0.3 is 5.11 Å². The fourth-order valence-corrected chi connectivity index (χ4v) is 2.32. The van der Waals surface area contributed by atoms with Crippen LogP contribution in [0, 0.1) is 5.41 Å². The van der Waals surface area contributed by atoms with E-state index in [1.807, 2.05) is 20.8 Å². The molecule has 1 aromatic carbocycles. The van der Waals surface area contributed by atoms with Gasteiger partial charge in [0.25, 0.3) is 5.56 Å². The maximum atomic E-state index is 12.0. The molecule has 21 heavy (non-hydrogen) atoms. The van der Waals surface area contributed by atoms with Crippen molar-refractivity contribution in [1.29, 1.82) is 0 Å². The molecule has 0 radical (unpaired) electrons. The SMILES string of the molecule is CC(C)(C)Cn1c(O)c(-c2ccc(Br)cc2)c(=O)[nH]c1=O. The molecule has 0 fully saturated rings. The molecule has 1 heterocycles. The van der Waals surface area contributed by atoms with Crippen LogP contribution in [0.25, 0.3) is 11.1 Å². The predicted octanol–water partition coefficient (Wildman–Crippen LogP) is 2.72. The number of H-pyrrole nitrogens is 1. The van der Waals surface area contributed by atoms with Crippen molar-refractivity contribution < 1.29 is 5.11 Å². The summed E-state index contributed by atoms with van der Waals surface area (Å²) in [7, 11) is 0. The summed E-state index contributed by atoms with van der Waals surface area (Å²) in [6.45, 7) is 6.15. The van der Waals surface area contributed by atoms with Gasteiger partial charge in [0.15, 0.2) is 0 Å². The Hall–Kier alpha value is -1.82. The number of hydrogen-bond acceptors (Lipinski definition) is 3. The molecule has 2 N–H and O–H groups in total. The standard InChI is InChI=1S/C15H17BrN2O3/c1-15(2,3)8-18-13(20)11(12(19)17-14(18)21)9-4-6-10(16)7-5-9/h4-7,20H,8H2,1-3H3,(H,17,19,21). The Kier molecular flexibility index (Phi) is 4.09. The smallest absolute Gasteiger partial charge is 0.331 e. The molecule has 0 atom stereocenters. The molecule has 6 heteroatoms.